The van der Waals surface area contributed by atoms with Crippen molar-refractivity contribution in [2.24, 2.45) is 13.0 Å². The van der Waals surface area contributed by atoms with Crippen molar-refractivity contribution in [1.82, 2.24) is 9.47 Å². The molecule has 0 spiro atoms. The van der Waals surface area contributed by atoms with Crippen molar-refractivity contribution in [3.8, 4) is 0 Å². The molecule has 1 aromatic heterocycles. The maximum atomic E-state index is 11.9. The lowest BCUT2D eigenvalue weighted by Crippen LogP contribution is -2.27. The van der Waals surface area contributed by atoms with Crippen LogP contribution < -0.4 is 0 Å². The van der Waals surface area contributed by atoms with Crippen molar-refractivity contribution < 1.29 is 4.79 Å². The molecule has 0 N–H and O–H groups in total. The van der Waals surface area contributed by atoms with Gasteiger partial charge in [-0.3, -0.25) is 9.69 Å². The van der Waals surface area contributed by atoms with E-state index < -0.39 is 0 Å². The molecular weight excluding hydrogens is 188 g/mol. The number of nitrogens with zero attached hydrogens (tertiary/aromatic N) is 2. The summed E-state index contributed by atoms with van der Waals surface area (Å²) in [5.41, 5.74) is 0.831. The molecule has 1 aliphatic heterocycles. The Hall–Kier alpha value is -1.09. The quantitative estimate of drug-likeness (QED) is 0.701. The number of hydrogen-bond acceptors (Lipinski definition) is 2. The summed E-state index contributed by atoms with van der Waals surface area (Å²) in [7, 11) is 1.94. The van der Waals surface area contributed by atoms with Crippen LogP contribution in [0, 0.1) is 5.92 Å². The van der Waals surface area contributed by atoms with Crippen molar-refractivity contribution in [3.63, 3.8) is 0 Å². The molecule has 15 heavy (non-hydrogen) atoms. The predicted octanol–water partition coefficient (Wildman–Crippen LogP) is 1.55. The minimum Gasteiger partial charge on any atom is -0.357 e. The second kappa shape index (κ2) is 4.19. The van der Waals surface area contributed by atoms with E-state index in [1.54, 1.807) is 0 Å². The number of hydrogen-bond donors (Lipinski definition) is 0. The van der Waals surface area contributed by atoms with E-state index in [2.05, 4.69) is 11.8 Å². The van der Waals surface area contributed by atoms with Gasteiger partial charge in [-0.15, -0.1) is 0 Å². The van der Waals surface area contributed by atoms with Crippen LogP contribution in [0.25, 0.3) is 0 Å². The topological polar surface area (TPSA) is 25.2 Å². The van der Waals surface area contributed by atoms with Crippen LogP contribution in [0.2, 0.25) is 0 Å². The lowest BCUT2D eigenvalue weighted by Gasteiger charge is -2.13. The summed E-state index contributed by atoms with van der Waals surface area (Å²) in [4.78, 5) is 14.1. The van der Waals surface area contributed by atoms with E-state index >= 15 is 0 Å². The van der Waals surface area contributed by atoms with Gasteiger partial charge in [0.05, 0.1) is 6.54 Å². The van der Waals surface area contributed by atoms with Crippen molar-refractivity contribution in [3.05, 3.63) is 24.0 Å². The minimum atomic E-state index is 0.240. The first kappa shape index (κ1) is 10.4. The van der Waals surface area contributed by atoms with E-state index in [-0.39, 0.29) is 5.78 Å². The monoisotopic (exact) mass is 206 g/mol. The standard InChI is InChI=1S/C12H18N2O/c1-10-3-6-14(7-10)9-12(15)11-4-5-13(2)8-11/h4-5,8,10H,3,6-7,9H2,1-2H3. The van der Waals surface area contributed by atoms with Gasteiger partial charge in [-0.25, -0.2) is 0 Å². The molecule has 0 saturated carbocycles. The maximum Gasteiger partial charge on any atom is 0.178 e. The van der Waals surface area contributed by atoms with Gasteiger partial charge in [0.1, 0.15) is 0 Å². The summed E-state index contributed by atoms with van der Waals surface area (Å²) >= 11 is 0. The van der Waals surface area contributed by atoms with Gasteiger partial charge in [0.2, 0.25) is 0 Å². The molecular formula is C12H18N2O. The zero-order valence-corrected chi connectivity index (χ0v) is 9.44. The number of Topliss-reactive ketones (excluding diaryl/α,β-unsaturated/α-hetero) is 1. The molecule has 3 nitrogen and oxygen atoms in total. The first-order valence-corrected chi connectivity index (χ1v) is 5.52. The summed E-state index contributed by atoms with van der Waals surface area (Å²) < 4.78 is 1.92. The molecule has 1 fully saturated rings. The molecule has 82 valence electrons. The Bertz CT molecular complexity index is 356. The number of aromatic nitrogens is 1. The number of ketones is 1. The highest BCUT2D eigenvalue weighted by atomic mass is 16.1. The van der Waals surface area contributed by atoms with Crippen LogP contribution in [-0.2, 0) is 7.05 Å². The largest absolute Gasteiger partial charge is 0.357 e. The zero-order valence-electron chi connectivity index (χ0n) is 9.44. The molecule has 0 radical (unpaired) electrons. The van der Waals surface area contributed by atoms with Crippen LogP contribution in [0.4, 0.5) is 0 Å². The maximum absolute atomic E-state index is 11.9. The number of carbonyl (C=O) groups is 1. The fourth-order valence-corrected chi connectivity index (χ4v) is 2.13. The molecule has 3 heteroatoms. The molecule has 1 unspecified atom stereocenters. The van der Waals surface area contributed by atoms with Gasteiger partial charge in [0.25, 0.3) is 0 Å². The van der Waals surface area contributed by atoms with Crippen LogP contribution >= 0.6 is 0 Å². The number of carbonyl (C=O) groups excluding carboxylic acids is 1. The second-order valence-corrected chi connectivity index (χ2v) is 4.62. The molecule has 2 heterocycles. The van der Waals surface area contributed by atoms with E-state index in [0.717, 1.165) is 24.6 Å². The van der Waals surface area contributed by atoms with Gasteiger partial charge in [-0.2, -0.15) is 0 Å². The molecule has 2 rings (SSSR count). The number of rotatable bonds is 3. The van der Waals surface area contributed by atoms with Crippen LogP contribution in [0.5, 0.6) is 0 Å². The molecule has 1 aromatic rings. The average Bonchev–Trinajstić information content (AvgIpc) is 2.75. The van der Waals surface area contributed by atoms with E-state index in [9.17, 15) is 4.79 Å². The first-order valence-electron chi connectivity index (χ1n) is 5.52. The van der Waals surface area contributed by atoms with Gasteiger partial charge in [-0.05, 0) is 24.9 Å². The van der Waals surface area contributed by atoms with Crippen LogP contribution in [-0.4, -0.2) is 34.9 Å². The van der Waals surface area contributed by atoms with E-state index in [1.807, 2.05) is 30.1 Å². The lowest BCUT2D eigenvalue weighted by atomic mass is 10.2. The summed E-state index contributed by atoms with van der Waals surface area (Å²) in [5.74, 6) is 0.985. The Morgan fingerprint density at radius 3 is 2.93 bits per heavy atom. The van der Waals surface area contributed by atoms with Crippen molar-refractivity contribution in [2.75, 3.05) is 19.6 Å². The highest BCUT2D eigenvalue weighted by molar-refractivity contribution is 5.97. The van der Waals surface area contributed by atoms with Crippen molar-refractivity contribution >= 4 is 5.78 Å². The van der Waals surface area contributed by atoms with E-state index in [0.29, 0.717) is 6.54 Å². The first-order chi connectivity index (χ1) is 7.15. The second-order valence-electron chi connectivity index (χ2n) is 4.62. The van der Waals surface area contributed by atoms with Crippen LogP contribution in [0.1, 0.15) is 23.7 Å². The average molecular weight is 206 g/mol. The Balaban J connectivity index is 1.92. The number of likely N-dealkylation sites (tertiary alicyclic amines) is 1. The normalized spacial score (nSPS) is 22.1. The summed E-state index contributed by atoms with van der Waals surface area (Å²) in [5, 5.41) is 0. The van der Waals surface area contributed by atoms with Gasteiger partial charge in [0.15, 0.2) is 5.78 Å². The van der Waals surface area contributed by atoms with Gasteiger partial charge in [0, 0.05) is 31.5 Å². The van der Waals surface area contributed by atoms with Crippen LogP contribution in [0.15, 0.2) is 18.5 Å². The molecule has 0 aliphatic carbocycles. The van der Waals surface area contributed by atoms with E-state index in [4.69, 9.17) is 0 Å². The smallest absolute Gasteiger partial charge is 0.178 e. The third-order valence-corrected chi connectivity index (χ3v) is 3.03. The highest BCUT2D eigenvalue weighted by Crippen LogP contribution is 2.15. The third kappa shape index (κ3) is 2.48. The Kier molecular flexibility index (Phi) is 2.91. The van der Waals surface area contributed by atoms with Gasteiger partial charge < -0.3 is 4.57 Å². The predicted molar refractivity (Wildman–Crippen MR) is 60.0 cm³/mol. The van der Waals surface area contributed by atoms with Gasteiger partial charge >= 0.3 is 0 Å². The third-order valence-electron chi connectivity index (χ3n) is 3.03. The van der Waals surface area contributed by atoms with E-state index in [1.165, 1.54) is 6.42 Å². The zero-order chi connectivity index (χ0) is 10.8. The SMILES string of the molecule is CC1CCN(CC(=O)c2ccn(C)c2)C1. The Labute approximate surface area is 90.7 Å². The minimum absolute atomic E-state index is 0.240. The number of aryl methyl sites for hydroxylation is 1. The Morgan fingerprint density at radius 1 is 1.60 bits per heavy atom. The molecule has 0 amide bonds. The molecule has 1 atom stereocenters. The lowest BCUT2D eigenvalue weighted by molar-refractivity contribution is 0.0943. The molecule has 1 aliphatic rings. The van der Waals surface area contributed by atoms with Crippen LogP contribution in [0.3, 0.4) is 0 Å². The summed E-state index contributed by atoms with van der Waals surface area (Å²) in [6.07, 6.45) is 5.03. The Morgan fingerprint density at radius 2 is 2.40 bits per heavy atom. The summed E-state index contributed by atoms with van der Waals surface area (Å²) in [6, 6.07) is 1.89. The fraction of sp³-hybridized carbons (Fsp3) is 0.583. The van der Waals surface area contributed by atoms with Crippen molar-refractivity contribution in [1.29, 1.82) is 0 Å². The summed E-state index contributed by atoms with van der Waals surface area (Å²) in [6.45, 7) is 4.96. The molecule has 1 saturated heterocycles. The molecule has 0 aromatic carbocycles. The fourth-order valence-electron chi connectivity index (χ4n) is 2.13. The molecule has 0 bridgehead atoms. The highest BCUT2D eigenvalue weighted by Gasteiger charge is 2.21. The van der Waals surface area contributed by atoms with Crippen molar-refractivity contribution in [2.45, 2.75) is 13.3 Å². The van der Waals surface area contributed by atoms with Gasteiger partial charge in [-0.1, -0.05) is 6.92 Å².